The Balaban J connectivity index is 1.70. The minimum atomic E-state index is 0.809. The summed E-state index contributed by atoms with van der Waals surface area (Å²) in [6, 6.07) is 0.809. The highest BCUT2D eigenvalue weighted by atomic mass is 15.2. The van der Waals surface area contributed by atoms with Crippen LogP contribution in [0.25, 0.3) is 0 Å². The third-order valence-corrected chi connectivity index (χ3v) is 3.99. The van der Waals surface area contributed by atoms with Crippen molar-refractivity contribution in [3.8, 4) is 0 Å². The van der Waals surface area contributed by atoms with Gasteiger partial charge >= 0.3 is 0 Å². The van der Waals surface area contributed by atoms with Gasteiger partial charge in [0.15, 0.2) is 0 Å². The van der Waals surface area contributed by atoms with Gasteiger partial charge in [-0.3, -0.25) is 4.90 Å². The molecule has 14 heavy (non-hydrogen) atoms. The molecule has 0 aromatic heterocycles. The number of nitrogens with one attached hydrogen (secondary N) is 1. The van der Waals surface area contributed by atoms with Crippen molar-refractivity contribution in [2.75, 3.05) is 26.2 Å². The Hall–Kier alpha value is -0.0800. The van der Waals surface area contributed by atoms with Gasteiger partial charge in [-0.2, -0.15) is 0 Å². The summed E-state index contributed by atoms with van der Waals surface area (Å²) < 4.78 is 0. The topological polar surface area (TPSA) is 15.3 Å². The van der Waals surface area contributed by atoms with Crippen molar-refractivity contribution < 1.29 is 0 Å². The van der Waals surface area contributed by atoms with E-state index in [1.54, 1.807) is 0 Å². The molecule has 1 aliphatic carbocycles. The molecule has 1 atom stereocenters. The Morgan fingerprint density at radius 1 is 1.36 bits per heavy atom. The first-order chi connectivity index (χ1) is 6.90. The molecule has 1 aliphatic heterocycles. The van der Waals surface area contributed by atoms with Crippen LogP contribution in [0.5, 0.6) is 0 Å². The van der Waals surface area contributed by atoms with E-state index in [4.69, 9.17) is 0 Å². The van der Waals surface area contributed by atoms with Crippen LogP contribution in [0.3, 0.4) is 0 Å². The van der Waals surface area contributed by atoms with Gasteiger partial charge in [0, 0.05) is 25.7 Å². The number of hydrogen-bond acceptors (Lipinski definition) is 2. The van der Waals surface area contributed by atoms with Crippen LogP contribution in [0.2, 0.25) is 0 Å². The molecule has 0 amide bonds. The van der Waals surface area contributed by atoms with Crippen molar-refractivity contribution in [2.24, 2.45) is 5.92 Å². The molecule has 2 rings (SSSR count). The lowest BCUT2D eigenvalue weighted by atomic mass is 9.83. The Labute approximate surface area is 88.1 Å². The highest BCUT2D eigenvalue weighted by Crippen LogP contribution is 2.29. The van der Waals surface area contributed by atoms with E-state index >= 15 is 0 Å². The molecule has 0 bridgehead atoms. The van der Waals surface area contributed by atoms with Gasteiger partial charge in [-0.15, -0.1) is 0 Å². The minimum absolute atomic E-state index is 0.809. The van der Waals surface area contributed by atoms with E-state index in [9.17, 15) is 0 Å². The largest absolute Gasteiger partial charge is 0.314 e. The Bertz CT molecular complexity index is 166. The quantitative estimate of drug-likeness (QED) is 0.738. The molecule has 0 aromatic carbocycles. The monoisotopic (exact) mass is 196 g/mol. The van der Waals surface area contributed by atoms with Gasteiger partial charge in [0.2, 0.25) is 0 Å². The van der Waals surface area contributed by atoms with Crippen LogP contribution in [0, 0.1) is 5.92 Å². The first-order valence-electron chi connectivity index (χ1n) is 6.35. The van der Waals surface area contributed by atoms with Crippen molar-refractivity contribution in [3.63, 3.8) is 0 Å². The highest BCUT2D eigenvalue weighted by molar-refractivity contribution is 4.80. The average molecular weight is 196 g/mol. The molecule has 2 nitrogen and oxygen atoms in total. The standard InChI is InChI=1S/C12H24N2/c1-2-12-10-13-7-9-14(12)8-6-11-4-3-5-11/h11-13H,2-10H2,1H3. The molecule has 1 N–H and O–H groups in total. The van der Waals surface area contributed by atoms with Crippen LogP contribution in [0.4, 0.5) is 0 Å². The van der Waals surface area contributed by atoms with E-state index in [1.165, 1.54) is 58.3 Å². The summed E-state index contributed by atoms with van der Waals surface area (Å²) in [4.78, 5) is 2.70. The van der Waals surface area contributed by atoms with Crippen molar-refractivity contribution in [1.82, 2.24) is 10.2 Å². The van der Waals surface area contributed by atoms with Gasteiger partial charge < -0.3 is 5.32 Å². The van der Waals surface area contributed by atoms with Gasteiger partial charge in [0.1, 0.15) is 0 Å². The second kappa shape index (κ2) is 5.13. The molecular weight excluding hydrogens is 172 g/mol. The zero-order chi connectivity index (χ0) is 9.80. The Morgan fingerprint density at radius 3 is 2.86 bits per heavy atom. The van der Waals surface area contributed by atoms with Crippen LogP contribution < -0.4 is 5.32 Å². The average Bonchev–Trinajstić information content (AvgIpc) is 2.16. The lowest BCUT2D eigenvalue weighted by Gasteiger charge is -2.37. The molecule has 2 heteroatoms. The lowest BCUT2D eigenvalue weighted by molar-refractivity contribution is 0.135. The summed E-state index contributed by atoms with van der Waals surface area (Å²) in [7, 11) is 0. The van der Waals surface area contributed by atoms with E-state index in [2.05, 4.69) is 17.1 Å². The summed E-state index contributed by atoms with van der Waals surface area (Å²) in [6.45, 7) is 7.34. The van der Waals surface area contributed by atoms with E-state index in [-0.39, 0.29) is 0 Å². The molecule has 82 valence electrons. The van der Waals surface area contributed by atoms with Crippen molar-refractivity contribution in [1.29, 1.82) is 0 Å². The molecule has 2 aliphatic rings. The van der Waals surface area contributed by atoms with E-state index in [1.807, 2.05) is 0 Å². The fourth-order valence-electron chi connectivity index (χ4n) is 2.63. The second-order valence-corrected chi connectivity index (χ2v) is 4.89. The number of nitrogens with zero attached hydrogens (tertiary/aromatic N) is 1. The first kappa shape index (κ1) is 10.4. The van der Waals surface area contributed by atoms with E-state index in [0.717, 1.165) is 12.0 Å². The molecule has 2 fully saturated rings. The lowest BCUT2D eigenvalue weighted by Crippen LogP contribution is -2.51. The normalized spacial score (nSPS) is 30.2. The van der Waals surface area contributed by atoms with Crippen LogP contribution in [-0.4, -0.2) is 37.1 Å². The maximum atomic E-state index is 3.49. The first-order valence-corrected chi connectivity index (χ1v) is 6.35. The Kier molecular flexibility index (Phi) is 3.82. The highest BCUT2D eigenvalue weighted by Gasteiger charge is 2.23. The van der Waals surface area contributed by atoms with Crippen molar-refractivity contribution >= 4 is 0 Å². The van der Waals surface area contributed by atoms with Crippen LogP contribution in [0.1, 0.15) is 39.0 Å². The second-order valence-electron chi connectivity index (χ2n) is 4.89. The molecule has 0 spiro atoms. The maximum absolute atomic E-state index is 3.49. The fraction of sp³-hybridized carbons (Fsp3) is 1.00. The van der Waals surface area contributed by atoms with Crippen LogP contribution in [-0.2, 0) is 0 Å². The summed E-state index contributed by atoms with van der Waals surface area (Å²) in [5.74, 6) is 1.07. The summed E-state index contributed by atoms with van der Waals surface area (Å²) in [5, 5.41) is 3.49. The number of piperazine rings is 1. The summed E-state index contributed by atoms with van der Waals surface area (Å²) in [6.07, 6.45) is 7.25. The third-order valence-electron chi connectivity index (χ3n) is 3.99. The maximum Gasteiger partial charge on any atom is 0.0218 e. The number of rotatable bonds is 4. The van der Waals surface area contributed by atoms with Crippen LogP contribution >= 0.6 is 0 Å². The van der Waals surface area contributed by atoms with Gasteiger partial charge in [0.25, 0.3) is 0 Å². The van der Waals surface area contributed by atoms with Crippen molar-refractivity contribution in [3.05, 3.63) is 0 Å². The van der Waals surface area contributed by atoms with Gasteiger partial charge in [-0.25, -0.2) is 0 Å². The van der Waals surface area contributed by atoms with Gasteiger partial charge in [-0.1, -0.05) is 26.2 Å². The van der Waals surface area contributed by atoms with E-state index < -0.39 is 0 Å². The molecule has 1 unspecified atom stereocenters. The molecule has 0 aromatic rings. The van der Waals surface area contributed by atoms with Gasteiger partial charge in [0.05, 0.1) is 0 Å². The predicted molar refractivity (Wildman–Crippen MR) is 60.5 cm³/mol. The number of hydrogen-bond donors (Lipinski definition) is 1. The minimum Gasteiger partial charge on any atom is -0.314 e. The smallest absolute Gasteiger partial charge is 0.0218 e. The molecular formula is C12H24N2. The van der Waals surface area contributed by atoms with E-state index in [0.29, 0.717) is 0 Å². The predicted octanol–water partition coefficient (Wildman–Crippen LogP) is 1.86. The summed E-state index contributed by atoms with van der Waals surface area (Å²) >= 11 is 0. The molecule has 1 saturated heterocycles. The molecule has 1 heterocycles. The Morgan fingerprint density at radius 2 is 2.21 bits per heavy atom. The summed E-state index contributed by atoms with van der Waals surface area (Å²) in [5.41, 5.74) is 0. The SMILES string of the molecule is CCC1CNCCN1CCC1CCC1. The zero-order valence-corrected chi connectivity index (χ0v) is 9.47. The zero-order valence-electron chi connectivity index (χ0n) is 9.47. The van der Waals surface area contributed by atoms with Crippen molar-refractivity contribution in [2.45, 2.75) is 45.1 Å². The molecule has 1 saturated carbocycles. The molecule has 0 radical (unpaired) electrons. The van der Waals surface area contributed by atoms with Crippen LogP contribution in [0.15, 0.2) is 0 Å². The third kappa shape index (κ3) is 2.48. The van der Waals surface area contributed by atoms with Gasteiger partial charge in [-0.05, 0) is 25.3 Å². The fourth-order valence-corrected chi connectivity index (χ4v) is 2.63.